The molecule has 4 amide bonds. The molecule has 3 aromatic rings. The molecule has 1 aliphatic heterocycles. The first-order valence-electron chi connectivity index (χ1n) is 16.6. The summed E-state index contributed by atoms with van der Waals surface area (Å²) in [5, 5.41) is 5.98. The third kappa shape index (κ3) is 8.62. The van der Waals surface area contributed by atoms with E-state index in [1.54, 1.807) is 24.3 Å². The number of imide groups is 1. The van der Waals surface area contributed by atoms with Crippen molar-refractivity contribution < 1.29 is 33.1 Å². The van der Waals surface area contributed by atoms with E-state index in [0.29, 0.717) is 73.0 Å². The Labute approximate surface area is 277 Å². The summed E-state index contributed by atoms with van der Waals surface area (Å²) in [6.45, 7) is 14.2. The second kappa shape index (κ2) is 15.2. The summed E-state index contributed by atoms with van der Waals surface area (Å²) >= 11 is 0. The number of carbonyl (C=O) groups excluding carboxylic acids is 4. The predicted octanol–water partition coefficient (Wildman–Crippen LogP) is 5.40. The van der Waals surface area contributed by atoms with E-state index in [1.165, 1.54) is 0 Å². The highest BCUT2D eigenvalue weighted by Crippen LogP contribution is 2.36. The first kappa shape index (κ1) is 35.7. The van der Waals surface area contributed by atoms with Crippen molar-refractivity contribution >= 4 is 40.5 Å². The van der Waals surface area contributed by atoms with Crippen LogP contribution >= 0.6 is 0 Å². The number of unbranched alkanes of at least 4 members (excludes halogenated alkanes) is 1. The summed E-state index contributed by atoms with van der Waals surface area (Å²) in [4.78, 5) is 52.3. The van der Waals surface area contributed by atoms with Crippen LogP contribution in [0.1, 0.15) is 94.4 Å². The second-order valence-electron chi connectivity index (χ2n) is 13.7. The van der Waals surface area contributed by atoms with Crippen molar-refractivity contribution in [3.05, 3.63) is 47.5 Å². The van der Waals surface area contributed by atoms with Gasteiger partial charge in [0.1, 0.15) is 16.9 Å². The van der Waals surface area contributed by atoms with E-state index < -0.39 is 22.8 Å². The number of benzene rings is 2. The van der Waals surface area contributed by atoms with Crippen molar-refractivity contribution in [2.24, 2.45) is 17.3 Å². The van der Waals surface area contributed by atoms with Crippen LogP contribution < -0.4 is 21.1 Å². The Balaban J connectivity index is 1.16. The number of nitrogens with two attached hydrogens (primary N) is 1. The summed E-state index contributed by atoms with van der Waals surface area (Å²) in [6.07, 6.45) is 2.74. The standard InChI is InChI=1S/C36H50N4O7/c1-23(2)24(3)36(6,16-19-38-29(41)15-20-40-32(42)30-27-13-14-28(47-27)31(30)33(40)43)46-22-17-35(4,5)34(44)39-18-7-8-21-45-26-11-9-25(37)10-12-26/h9-14,23-24H,7-8,15-22,37H2,1-6H3,(H,38,41)(H,39,44). The van der Waals surface area contributed by atoms with E-state index in [1.807, 2.05) is 26.0 Å². The lowest BCUT2D eigenvalue weighted by atomic mass is 9.79. The molecule has 0 radical (unpaired) electrons. The Morgan fingerprint density at radius 1 is 0.872 bits per heavy atom. The lowest BCUT2D eigenvalue weighted by Crippen LogP contribution is -2.44. The summed E-state index contributed by atoms with van der Waals surface area (Å²) in [5.41, 5.74) is 6.62. The molecule has 1 aromatic carbocycles. The van der Waals surface area contributed by atoms with E-state index in [9.17, 15) is 19.2 Å². The van der Waals surface area contributed by atoms with Gasteiger partial charge in [0.2, 0.25) is 11.8 Å². The molecule has 4 rings (SSSR count). The van der Waals surface area contributed by atoms with Gasteiger partial charge < -0.3 is 30.3 Å². The molecular weight excluding hydrogens is 600 g/mol. The minimum absolute atomic E-state index is 0.00175. The number of amides is 4. The average molecular weight is 651 g/mol. The smallest absolute Gasteiger partial charge is 0.265 e. The van der Waals surface area contributed by atoms with Gasteiger partial charge in [-0.15, -0.1) is 0 Å². The number of nitrogens with zero attached hydrogens (tertiary/aromatic N) is 1. The number of hydrogen-bond donors (Lipinski definition) is 3. The Kier molecular flexibility index (Phi) is 11.5. The SMILES string of the molecule is CC(C)C(C)C(C)(CCNC(=O)CCN1C(=O)c2c(c3ccc2o3)C1=O)OCCC(C)(C)C(=O)NCCCCOc1ccc(N)cc1. The fourth-order valence-corrected chi connectivity index (χ4v) is 5.81. The van der Waals surface area contributed by atoms with Gasteiger partial charge in [-0.25, -0.2) is 0 Å². The molecule has 0 saturated heterocycles. The third-order valence-corrected chi connectivity index (χ3v) is 9.52. The maximum atomic E-state index is 13.0. The molecule has 0 spiro atoms. The number of nitrogens with one attached hydrogen (secondary N) is 2. The lowest BCUT2D eigenvalue weighted by molar-refractivity contribution is -0.133. The highest BCUT2D eigenvalue weighted by Gasteiger charge is 2.41. The number of carbonyl (C=O) groups is 4. The van der Waals surface area contributed by atoms with Gasteiger partial charge in [-0.2, -0.15) is 0 Å². The first-order valence-corrected chi connectivity index (χ1v) is 16.6. The van der Waals surface area contributed by atoms with E-state index >= 15 is 0 Å². The van der Waals surface area contributed by atoms with Crippen LogP contribution in [-0.4, -0.2) is 67.0 Å². The molecule has 1 aliphatic rings. The van der Waals surface area contributed by atoms with Crippen LogP contribution in [0.2, 0.25) is 0 Å². The monoisotopic (exact) mass is 650 g/mol. The summed E-state index contributed by atoms with van der Waals surface area (Å²) in [6, 6.07) is 10.6. The van der Waals surface area contributed by atoms with Crippen LogP contribution in [-0.2, 0) is 14.3 Å². The maximum Gasteiger partial charge on any atom is 0.265 e. The number of anilines is 1. The number of nitrogen functional groups attached to an aromatic ring is 1. The Morgan fingerprint density at radius 3 is 2.13 bits per heavy atom. The van der Waals surface area contributed by atoms with Crippen LogP contribution in [0.4, 0.5) is 5.69 Å². The zero-order valence-corrected chi connectivity index (χ0v) is 28.6. The highest BCUT2D eigenvalue weighted by molar-refractivity contribution is 6.27. The molecule has 0 aliphatic carbocycles. The fraction of sp³-hybridized carbons (Fsp3) is 0.556. The van der Waals surface area contributed by atoms with Crippen LogP contribution in [0.15, 0.2) is 40.8 Å². The van der Waals surface area contributed by atoms with E-state index in [2.05, 4.69) is 38.3 Å². The minimum atomic E-state index is -0.616. The average Bonchev–Trinajstić information content (AvgIpc) is 3.71. The van der Waals surface area contributed by atoms with Gasteiger partial charge in [-0.3, -0.25) is 24.1 Å². The lowest BCUT2D eigenvalue weighted by Gasteiger charge is -2.39. The van der Waals surface area contributed by atoms with Gasteiger partial charge in [0.05, 0.1) is 23.3 Å². The number of rotatable bonds is 19. The normalized spacial score (nSPS) is 15.3. The molecule has 11 heteroatoms. The summed E-state index contributed by atoms with van der Waals surface area (Å²) in [5.74, 6) is 0.187. The predicted molar refractivity (Wildman–Crippen MR) is 180 cm³/mol. The Bertz CT molecular complexity index is 1490. The molecular formula is C36H50N4O7. The van der Waals surface area contributed by atoms with E-state index in [0.717, 1.165) is 23.5 Å². The van der Waals surface area contributed by atoms with E-state index in [-0.39, 0.29) is 30.7 Å². The molecule has 0 saturated carbocycles. The van der Waals surface area contributed by atoms with Crippen LogP contribution in [0.25, 0.3) is 11.2 Å². The zero-order valence-electron chi connectivity index (χ0n) is 28.6. The first-order chi connectivity index (χ1) is 22.2. The highest BCUT2D eigenvalue weighted by atomic mass is 16.5. The molecule has 256 valence electrons. The molecule has 2 unspecified atom stereocenters. The molecule has 2 bridgehead atoms. The van der Waals surface area contributed by atoms with Crippen LogP contribution in [0.5, 0.6) is 5.75 Å². The van der Waals surface area contributed by atoms with Crippen molar-refractivity contribution in [2.75, 3.05) is 38.6 Å². The molecule has 11 nitrogen and oxygen atoms in total. The third-order valence-electron chi connectivity index (χ3n) is 9.52. The number of hydrogen-bond acceptors (Lipinski definition) is 8. The molecule has 2 atom stereocenters. The number of fused-ring (bicyclic) bond motifs is 5. The molecule has 3 heterocycles. The van der Waals surface area contributed by atoms with Crippen molar-refractivity contribution in [3.63, 3.8) is 0 Å². The van der Waals surface area contributed by atoms with Gasteiger partial charge in [0, 0.05) is 43.8 Å². The van der Waals surface area contributed by atoms with Crippen molar-refractivity contribution in [2.45, 2.75) is 79.2 Å². The molecule has 47 heavy (non-hydrogen) atoms. The molecule has 0 fully saturated rings. The number of ether oxygens (including phenoxy) is 2. The van der Waals surface area contributed by atoms with Crippen molar-refractivity contribution in [1.82, 2.24) is 15.5 Å². The van der Waals surface area contributed by atoms with Gasteiger partial charge in [-0.1, -0.05) is 34.6 Å². The zero-order chi connectivity index (χ0) is 34.4. The van der Waals surface area contributed by atoms with Crippen molar-refractivity contribution in [1.29, 1.82) is 0 Å². The van der Waals surface area contributed by atoms with Gasteiger partial charge in [0.25, 0.3) is 11.8 Å². The van der Waals surface area contributed by atoms with Crippen LogP contribution in [0, 0.1) is 17.3 Å². The Hall–Kier alpha value is -4.12. The van der Waals surface area contributed by atoms with Crippen LogP contribution in [0.3, 0.4) is 0 Å². The number of furan rings is 2. The van der Waals surface area contributed by atoms with Gasteiger partial charge in [0.15, 0.2) is 0 Å². The van der Waals surface area contributed by atoms with Crippen molar-refractivity contribution in [3.8, 4) is 5.75 Å². The van der Waals surface area contributed by atoms with Gasteiger partial charge >= 0.3 is 0 Å². The van der Waals surface area contributed by atoms with Gasteiger partial charge in [-0.05, 0) is 80.8 Å². The largest absolute Gasteiger partial charge is 0.494 e. The quantitative estimate of drug-likeness (QED) is 0.0885. The molecule has 4 N–H and O–H groups in total. The Morgan fingerprint density at radius 2 is 1.51 bits per heavy atom. The maximum absolute atomic E-state index is 13.0. The van der Waals surface area contributed by atoms with E-state index in [4.69, 9.17) is 19.6 Å². The minimum Gasteiger partial charge on any atom is -0.494 e. The fourth-order valence-electron chi connectivity index (χ4n) is 5.81. The summed E-state index contributed by atoms with van der Waals surface area (Å²) < 4.78 is 17.6. The topological polar surface area (TPSA) is 153 Å². The second-order valence-corrected chi connectivity index (χ2v) is 13.7. The molecule has 2 aromatic heterocycles. The summed E-state index contributed by atoms with van der Waals surface area (Å²) in [7, 11) is 0.